The Morgan fingerprint density at radius 3 is 2.52 bits per heavy atom. The molecule has 2 rings (SSSR count). The number of nitro groups is 1. The van der Waals surface area contributed by atoms with E-state index in [1.807, 2.05) is 0 Å². The molecule has 0 unspecified atom stereocenters. The first-order valence-electron chi connectivity index (χ1n) is 6.07. The molecule has 2 aromatic rings. The second-order valence-corrected chi connectivity index (χ2v) is 5.36. The number of nitro benzene ring substituents is 1. The van der Waals surface area contributed by atoms with Crippen molar-refractivity contribution in [3.05, 3.63) is 22.2 Å². The second kappa shape index (κ2) is 5.00. The molecule has 9 nitrogen and oxygen atoms in total. The molecule has 0 aliphatic carbocycles. The molecule has 0 atom stereocenters. The number of non-ortho nitro benzene ring substituents is 1. The lowest BCUT2D eigenvalue weighted by molar-refractivity contribution is -0.383. The molecule has 21 heavy (non-hydrogen) atoms. The first-order valence-corrected chi connectivity index (χ1v) is 6.07. The number of hydrogen-bond donors (Lipinski definition) is 0. The van der Waals surface area contributed by atoms with Crippen molar-refractivity contribution in [2.75, 3.05) is 11.9 Å². The number of hydrogen-bond acceptors (Lipinski definition) is 7. The minimum atomic E-state index is -0.659. The van der Waals surface area contributed by atoms with E-state index >= 15 is 0 Å². The fourth-order valence-electron chi connectivity index (χ4n) is 1.69. The van der Waals surface area contributed by atoms with Gasteiger partial charge in [-0.15, -0.1) is 0 Å². The summed E-state index contributed by atoms with van der Waals surface area (Å²) in [4.78, 5) is 23.5. The van der Waals surface area contributed by atoms with E-state index in [0.717, 1.165) is 0 Å². The highest BCUT2D eigenvalue weighted by Gasteiger charge is 2.26. The third-order valence-electron chi connectivity index (χ3n) is 2.60. The van der Waals surface area contributed by atoms with Crippen molar-refractivity contribution >= 4 is 28.5 Å². The molecular weight excluding hydrogens is 280 g/mol. The van der Waals surface area contributed by atoms with E-state index in [2.05, 4.69) is 14.9 Å². The maximum Gasteiger partial charge on any atom is 0.414 e. The number of rotatable bonds is 2. The van der Waals surface area contributed by atoms with Crippen LogP contribution < -0.4 is 4.90 Å². The first kappa shape index (κ1) is 14.7. The third-order valence-corrected chi connectivity index (χ3v) is 2.60. The van der Waals surface area contributed by atoms with Crippen LogP contribution in [0.25, 0.3) is 11.0 Å². The molecule has 0 N–H and O–H groups in total. The highest BCUT2D eigenvalue weighted by atomic mass is 16.6. The average molecular weight is 294 g/mol. The van der Waals surface area contributed by atoms with Crippen LogP contribution in [0.15, 0.2) is 16.8 Å². The Morgan fingerprint density at radius 2 is 1.95 bits per heavy atom. The van der Waals surface area contributed by atoms with Gasteiger partial charge in [-0.3, -0.25) is 15.0 Å². The summed E-state index contributed by atoms with van der Waals surface area (Å²) < 4.78 is 9.78. The zero-order chi connectivity index (χ0) is 15.8. The highest BCUT2D eigenvalue weighted by molar-refractivity contribution is 6.00. The van der Waals surface area contributed by atoms with Gasteiger partial charge in [-0.25, -0.2) is 9.42 Å². The predicted molar refractivity (Wildman–Crippen MR) is 73.1 cm³/mol. The molecule has 1 aromatic carbocycles. The summed E-state index contributed by atoms with van der Waals surface area (Å²) in [6.07, 6.45) is -0.611. The minimum absolute atomic E-state index is 0.0205. The van der Waals surface area contributed by atoms with Gasteiger partial charge in [-0.05, 0) is 37.2 Å². The summed E-state index contributed by atoms with van der Waals surface area (Å²) in [7, 11) is 1.48. The van der Waals surface area contributed by atoms with Crippen molar-refractivity contribution in [1.82, 2.24) is 10.3 Å². The van der Waals surface area contributed by atoms with Crippen molar-refractivity contribution in [3.8, 4) is 0 Å². The fraction of sp³-hybridized carbons (Fsp3) is 0.417. The van der Waals surface area contributed by atoms with Crippen LogP contribution >= 0.6 is 0 Å². The summed E-state index contributed by atoms with van der Waals surface area (Å²) in [5.74, 6) is 0. The van der Waals surface area contributed by atoms with Crippen LogP contribution in [0.4, 0.5) is 16.2 Å². The molecule has 0 saturated heterocycles. The van der Waals surface area contributed by atoms with Crippen LogP contribution in [0, 0.1) is 10.1 Å². The maximum absolute atomic E-state index is 12.0. The van der Waals surface area contributed by atoms with Crippen LogP contribution in [-0.4, -0.2) is 34.0 Å². The minimum Gasteiger partial charge on any atom is -0.443 e. The topological polar surface area (TPSA) is 112 Å². The molecule has 0 fully saturated rings. The van der Waals surface area contributed by atoms with Gasteiger partial charge in [0, 0.05) is 13.1 Å². The van der Waals surface area contributed by atoms with E-state index in [4.69, 9.17) is 4.74 Å². The Morgan fingerprint density at radius 1 is 1.33 bits per heavy atom. The van der Waals surface area contributed by atoms with Crippen molar-refractivity contribution < 1.29 is 19.1 Å². The summed E-state index contributed by atoms with van der Waals surface area (Å²) in [5, 5.41) is 18.0. The molecule has 112 valence electrons. The lowest BCUT2D eigenvalue weighted by Crippen LogP contribution is -2.34. The number of carbonyl (C=O) groups is 1. The molecule has 9 heteroatoms. The van der Waals surface area contributed by atoms with Crippen LogP contribution in [0.5, 0.6) is 0 Å². The van der Waals surface area contributed by atoms with Gasteiger partial charge in [0.1, 0.15) is 5.60 Å². The zero-order valence-electron chi connectivity index (χ0n) is 12.0. The molecule has 0 bridgehead atoms. The number of amides is 1. The number of benzene rings is 1. The van der Waals surface area contributed by atoms with Gasteiger partial charge in [-0.1, -0.05) is 0 Å². The smallest absolute Gasteiger partial charge is 0.414 e. The fourth-order valence-corrected chi connectivity index (χ4v) is 1.69. The van der Waals surface area contributed by atoms with E-state index in [0.29, 0.717) is 5.69 Å². The monoisotopic (exact) mass is 294 g/mol. The van der Waals surface area contributed by atoms with E-state index in [1.165, 1.54) is 24.1 Å². The first-order chi connectivity index (χ1) is 9.70. The molecule has 0 aliphatic heterocycles. The van der Waals surface area contributed by atoms with Crippen molar-refractivity contribution in [1.29, 1.82) is 0 Å². The van der Waals surface area contributed by atoms with E-state index < -0.39 is 16.6 Å². The van der Waals surface area contributed by atoms with Gasteiger partial charge in [0.25, 0.3) is 0 Å². The quantitative estimate of drug-likeness (QED) is 0.617. The largest absolute Gasteiger partial charge is 0.443 e. The number of anilines is 1. The molecule has 1 heterocycles. The van der Waals surface area contributed by atoms with Crippen molar-refractivity contribution in [2.24, 2.45) is 0 Å². The Labute approximate surface area is 119 Å². The lowest BCUT2D eigenvalue weighted by atomic mass is 10.2. The van der Waals surface area contributed by atoms with Gasteiger partial charge in [0.05, 0.1) is 10.6 Å². The zero-order valence-corrected chi connectivity index (χ0v) is 12.0. The Hall–Kier alpha value is -2.71. The summed E-state index contributed by atoms with van der Waals surface area (Å²) in [5.41, 5.74) is -0.489. The van der Waals surface area contributed by atoms with Crippen molar-refractivity contribution in [2.45, 2.75) is 26.4 Å². The van der Waals surface area contributed by atoms with Crippen LogP contribution in [0.3, 0.4) is 0 Å². The molecule has 0 spiro atoms. The normalized spacial score (nSPS) is 11.4. The van der Waals surface area contributed by atoms with Crippen LogP contribution in [-0.2, 0) is 4.74 Å². The lowest BCUT2D eigenvalue weighted by Gasteiger charge is -2.24. The standard InChI is InChI=1S/C12H14N4O5/c1-12(2,3)20-11(17)15(4)7-5-6-8(16(18)19)10-9(7)13-21-14-10/h5-6H,1-4H3. The van der Waals surface area contributed by atoms with Gasteiger partial charge >= 0.3 is 11.8 Å². The van der Waals surface area contributed by atoms with Crippen molar-refractivity contribution in [3.63, 3.8) is 0 Å². The number of nitrogens with zero attached hydrogens (tertiary/aromatic N) is 4. The maximum atomic E-state index is 12.0. The third kappa shape index (κ3) is 2.91. The van der Waals surface area contributed by atoms with Gasteiger partial charge < -0.3 is 4.74 Å². The second-order valence-electron chi connectivity index (χ2n) is 5.36. The SMILES string of the molecule is CN(C(=O)OC(C)(C)C)c1ccc([N+](=O)[O-])c2nonc12. The predicted octanol–water partition coefficient (Wildman–Crippen LogP) is 2.50. The Balaban J connectivity index is 2.43. The average Bonchev–Trinajstić information content (AvgIpc) is 2.83. The molecule has 0 saturated carbocycles. The number of carbonyl (C=O) groups excluding carboxylic acids is 1. The number of aromatic nitrogens is 2. The van der Waals surface area contributed by atoms with Crippen LogP contribution in [0.1, 0.15) is 20.8 Å². The highest BCUT2D eigenvalue weighted by Crippen LogP contribution is 2.31. The number of fused-ring (bicyclic) bond motifs is 1. The van der Waals surface area contributed by atoms with Gasteiger partial charge in [0.2, 0.25) is 5.52 Å². The van der Waals surface area contributed by atoms with Crippen LogP contribution in [0.2, 0.25) is 0 Å². The Bertz CT molecular complexity index is 703. The van der Waals surface area contributed by atoms with E-state index in [9.17, 15) is 14.9 Å². The molecule has 0 aliphatic rings. The van der Waals surface area contributed by atoms with Gasteiger partial charge in [0.15, 0.2) is 5.52 Å². The Kier molecular flexibility index (Phi) is 3.50. The molecular formula is C12H14N4O5. The molecule has 0 radical (unpaired) electrons. The summed E-state index contributed by atoms with van der Waals surface area (Å²) in [6.45, 7) is 5.21. The molecule has 1 aromatic heterocycles. The summed E-state index contributed by atoms with van der Waals surface area (Å²) >= 11 is 0. The van der Waals surface area contributed by atoms with Gasteiger partial charge in [-0.2, -0.15) is 0 Å². The van der Waals surface area contributed by atoms with E-state index in [-0.39, 0.29) is 16.7 Å². The summed E-state index contributed by atoms with van der Waals surface area (Å²) in [6, 6.07) is 2.64. The molecule has 1 amide bonds. The van der Waals surface area contributed by atoms with E-state index in [1.54, 1.807) is 20.8 Å². The number of ether oxygens (including phenoxy) is 1.